The van der Waals surface area contributed by atoms with Crippen LogP contribution < -0.4 is 15.6 Å². The molecule has 0 fully saturated rings. The average Bonchev–Trinajstić information content (AvgIpc) is 2.69. The Bertz CT molecular complexity index is 1220. The lowest BCUT2D eigenvalue weighted by molar-refractivity contribution is -0.277. The fourth-order valence-electron chi connectivity index (χ4n) is 3.32. The topological polar surface area (TPSA) is 94.6 Å². The summed E-state index contributed by atoms with van der Waals surface area (Å²) in [4.78, 5) is 13.9. The number of rotatable bonds is 6. The van der Waals surface area contributed by atoms with Crippen molar-refractivity contribution in [3.63, 3.8) is 0 Å². The number of aromatic nitrogens is 1. The number of alkyl halides is 3. The van der Waals surface area contributed by atoms with Crippen molar-refractivity contribution >= 4 is 28.2 Å². The summed E-state index contributed by atoms with van der Waals surface area (Å²) < 4.78 is 75.1. The normalized spacial score (nSPS) is 14.8. The van der Waals surface area contributed by atoms with Crippen molar-refractivity contribution in [1.29, 1.82) is 0 Å². The Morgan fingerprint density at radius 1 is 1.19 bits per heavy atom. The summed E-state index contributed by atoms with van der Waals surface area (Å²) in [6, 6.07) is 3.42. The van der Waals surface area contributed by atoms with Crippen molar-refractivity contribution in [2.75, 3.05) is 19.0 Å². The molecule has 1 heterocycles. The molecular formula is C20H16ClF5N2O4. The third-order valence-electron chi connectivity index (χ3n) is 4.87. The van der Waals surface area contributed by atoms with Gasteiger partial charge in [0.25, 0.3) is 0 Å². The minimum Gasteiger partial charge on any atom is -0.493 e. The maximum atomic E-state index is 14.4. The predicted octanol–water partition coefficient (Wildman–Crippen LogP) is 3.91. The number of pyridine rings is 1. The second-order valence-corrected chi connectivity index (χ2v) is 7.34. The Morgan fingerprint density at radius 3 is 2.47 bits per heavy atom. The zero-order chi connectivity index (χ0) is 23.8. The second kappa shape index (κ2) is 8.57. The molecule has 0 saturated carbocycles. The second-order valence-electron chi connectivity index (χ2n) is 6.90. The van der Waals surface area contributed by atoms with Crippen molar-refractivity contribution < 1.29 is 36.9 Å². The predicted molar refractivity (Wildman–Crippen MR) is 107 cm³/mol. The van der Waals surface area contributed by atoms with E-state index in [2.05, 4.69) is 10.3 Å². The van der Waals surface area contributed by atoms with Gasteiger partial charge in [-0.3, -0.25) is 4.79 Å². The molecule has 2 atom stereocenters. The van der Waals surface area contributed by atoms with Gasteiger partial charge in [-0.05, 0) is 30.3 Å². The zero-order valence-corrected chi connectivity index (χ0v) is 17.0. The number of methoxy groups -OCH3 is 1. The van der Waals surface area contributed by atoms with Gasteiger partial charge in [-0.1, -0.05) is 11.6 Å². The van der Waals surface area contributed by atoms with E-state index in [9.17, 15) is 37.0 Å². The van der Waals surface area contributed by atoms with E-state index >= 15 is 0 Å². The molecule has 0 saturated heterocycles. The van der Waals surface area contributed by atoms with Gasteiger partial charge in [0.15, 0.2) is 11.6 Å². The summed E-state index contributed by atoms with van der Waals surface area (Å²) in [6.07, 6.45) is -5.43. The molecule has 172 valence electrons. The van der Waals surface area contributed by atoms with Crippen LogP contribution in [-0.2, 0) is 0 Å². The van der Waals surface area contributed by atoms with E-state index in [1.807, 2.05) is 0 Å². The van der Waals surface area contributed by atoms with Crippen LogP contribution in [-0.4, -0.2) is 40.7 Å². The van der Waals surface area contributed by atoms with Gasteiger partial charge in [0.1, 0.15) is 5.82 Å². The maximum Gasteiger partial charge on any atom is 0.421 e. The molecule has 0 amide bonds. The number of hydrogen-bond donors (Lipinski definition) is 4. The van der Waals surface area contributed by atoms with Gasteiger partial charge in [-0.25, -0.2) is 8.78 Å². The molecule has 1 aromatic heterocycles. The average molecular weight is 479 g/mol. The van der Waals surface area contributed by atoms with Crippen molar-refractivity contribution in [3.8, 4) is 5.75 Å². The number of aliphatic hydroxyl groups is 2. The molecular weight excluding hydrogens is 463 g/mol. The molecule has 0 bridgehead atoms. The van der Waals surface area contributed by atoms with Gasteiger partial charge < -0.3 is 25.3 Å². The SMILES string of the molecule is COc1c(F)cc(Cl)cc1[C@H](Nc1cc(F)cc2[nH]c(=O)ccc12)[C@](O)(CO)C(F)(F)F. The lowest BCUT2D eigenvalue weighted by Crippen LogP contribution is -2.55. The van der Waals surface area contributed by atoms with Crippen molar-refractivity contribution in [3.05, 3.63) is 69.0 Å². The minimum atomic E-state index is -5.43. The largest absolute Gasteiger partial charge is 0.493 e. The van der Waals surface area contributed by atoms with Crippen LogP contribution in [0, 0.1) is 11.6 Å². The monoisotopic (exact) mass is 478 g/mol. The Labute approximate surface area is 182 Å². The molecule has 12 heteroatoms. The first-order chi connectivity index (χ1) is 14.9. The molecule has 0 unspecified atom stereocenters. The van der Waals surface area contributed by atoms with Crippen LogP contribution in [0.5, 0.6) is 5.75 Å². The molecule has 0 aliphatic heterocycles. The molecule has 0 radical (unpaired) electrons. The lowest BCUT2D eigenvalue weighted by Gasteiger charge is -2.38. The number of fused-ring (bicyclic) bond motifs is 1. The van der Waals surface area contributed by atoms with Gasteiger partial charge in [0.05, 0.1) is 25.3 Å². The van der Waals surface area contributed by atoms with Crippen LogP contribution in [0.4, 0.5) is 27.6 Å². The molecule has 32 heavy (non-hydrogen) atoms. The summed E-state index contributed by atoms with van der Waals surface area (Å²) in [5, 5.41) is 22.1. The summed E-state index contributed by atoms with van der Waals surface area (Å²) in [7, 11) is 0.987. The molecule has 3 rings (SSSR count). The van der Waals surface area contributed by atoms with E-state index in [-0.39, 0.29) is 21.6 Å². The lowest BCUT2D eigenvalue weighted by atomic mass is 9.87. The number of anilines is 1. The number of nitrogens with one attached hydrogen (secondary N) is 2. The van der Waals surface area contributed by atoms with Gasteiger partial charge >= 0.3 is 6.18 Å². The Hall–Kier alpha value is -2.89. The Morgan fingerprint density at radius 2 is 1.88 bits per heavy atom. The molecule has 4 N–H and O–H groups in total. The highest BCUT2D eigenvalue weighted by Gasteiger charge is 2.59. The van der Waals surface area contributed by atoms with Crippen LogP contribution in [0.3, 0.4) is 0 Å². The van der Waals surface area contributed by atoms with Crippen LogP contribution in [0.15, 0.2) is 41.2 Å². The fourth-order valence-corrected chi connectivity index (χ4v) is 3.53. The zero-order valence-electron chi connectivity index (χ0n) is 16.2. The highest BCUT2D eigenvalue weighted by atomic mass is 35.5. The summed E-state index contributed by atoms with van der Waals surface area (Å²) >= 11 is 5.82. The van der Waals surface area contributed by atoms with Gasteiger partial charge in [-0.2, -0.15) is 13.2 Å². The molecule has 3 aromatic rings. The van der Waals surface area contributed by atoms with Crippen LogP contribution in [0.25, 0.3) is 10.9 Å². The number of H-pyrrole nitrogens is 1. The number of aromatic amines is 1. The van der Waals surface area contributed by atoms with E-state index in [1.165, 1.54) is 6.07 Å². The first-order valence-electron chi connectivity index (χ1n) is 8.93. The molecule has 2 aromatic carbocycles. The van der Waals surface area contributed by atoms with E-state index in [1.54, 1.807) is 0 Å². The van der Waals surface area contributed by atoms with E-state index < -0.39 is 52.9 Å². The van der Waals surface area contributed by atoms with Crippen LogP contribution in [0.2, 0.25) is 5.02 Å². The first-order valence-corrected chi connectivity index (χ1v) is 9.31. The number of aliphatic hydroxyl groups excluding tert-OH is 1. The van der Waals surface area contributed by atoms with Crippen LogP contribution >= 0.6 is 11.6 Å². The highest BCUT2D eigenvalue weighted by molar-refractivity contribution is 6.30. The number of ether oxygens (including phenoxy) is 1. The summed E-state index contributed by atoms with van der Waals surface area (Å²) in [5.74, 6) is -2.74. The highest BCUT2D eigenvalue weighted by Crippen LogP contribution is 2.46. The number of benzene rings is 2. The minimum absolute atomic E-state index is 0.0532. The van der Waals surface area contributed by atoms with Gasteiger partial charge in [0, 0.05) is 27.7 Å². The van der Waals surface area contributed by atoms with Crippen LogP contribution in [0.1, 0.15) is 11.6 Å². The van der Waals surface area contributed by atoms with E-state index in [0.29, 0.717) is 0 Å². The molecule has 0 aliphatic rings. The Kier molecular flexibility index (Phi) is 6.36. The summed E-state index contributed by atoms with van der Waals surface area (Å²) in [6.45, 7) is -1.84. The molecule has 0 spiro atoms. The number of hydrogen-bond acceptors (Lipinski definition) is 5. The quantitative estimate of drug-likeness (QED) is 0.403. The fraction of sp³-hybridized carbons (Fsp3) is 0.250. The van der Waals surface area contributed by atoms with Crippen molar-refractivity contribution in [1.82, 2.24) is 4.98 Å². The maximum absolute atomic E-state index is 14.4. The van der Waals surface area contributed by atoms with E-state index in [4.69, 9.17) is 16.3 Å². The smallest absolute Gasteiger partial charge is 0.421 e. The summed E-state index contributed by atoms with van der Waals surface area (Å²) in [5.41, 5.74) is -5.40. The standard InChI is InChI=1S/C20H16ClF5N2O4/c1-32-17-12(4-9(21)5-13(17)23)18(19(31,8-29)20(24,25)26)28-15-7-10(22)6-14-11(15)2-3-16(30)27-14/h2-7,18,28-29,31H,8H2,1H3,(H,27,30)/t18-,19+/m0/s1. The Balaban J connectivity index is 2.31. The third kappa shape index (κ3) is 4.23. The first kappa shape index (κ1) is 23.8. The van der Waals surface area contributed by atoms with Crippen molar-refractivity contribution in [2.45, 2.75) is 17.8 Å². The van der Waals surface area contributed by atoms with Gasteiger partial charge in [-0.15, -0.1) is 0 Å². The third-order valence-corrected chi connectivity index (χ3v) is 5.08. The molecule has 6 nitrogen and oxygen atoms in total. The molecule has 0 aliphatic carbocycles. The van der Waals surface area contributed by atoms with E-state index in [0.717, 1.165) is 37.4 Å². The van der Waals surface area contributed by atoms with Crippen molar-refractivity contribution in [2.24, 2.45) is 0 Å². The number of halogens is 6. The van der Waals surface area contributed by atoms with Gasteiger partial charge in [0.2, 0.25) is 11.2 Å².